The van der Waals surface area contributed by atoms with Crippen LogP contribution in [0.3, 0.4) is 0 Å². The van der Waals surface area contributed by atoms with Crippen LogP contribution in [-0.4, -0.2) is 37.9 Å². The Morgan fingerprint density at radius 2 is 1.97 bits per heavy atom. The maximum atomic E-state index is 12.4. The minimum Gasteiger partial charge on any atom is -0.481 e. The highest BCUT2D eigenvalue weighted by Crippen LogP contribution is 2.30. The normalized spacial score (nSPS) is 11.1. The molecule has 0 unspecified atom stereocenters. The van der Waals surface area contributed by atoms with Crippen molar-refractivity contribution in [3.8, 4) is 16.5 Å². The summed E-state index contributed by atoms with van der Waals surface area (Å²) in [5.74, 6) is 1.57. The fourth-order valence-corrected chi connectivity index (χ4v) is 4.37. The van der Waals surface area contributed by atoms with Crippen LogP contribution in [0, 0.1) is 6.92 Å². The minimum absolute atomic E-state index is 0.265. The van der Waals surface area contributed by atoms with Crippen molar-refractivity contribution in [1.82, 2.24) is 30.2 Å². The Morgan fingerprint density at radius 3 is 2.70 bits per heavy atom. The van der Waals surface area contributed by atoms with E-state index in [1.54, 1.807) is 22.2 Å². The molecule has 4 rings (SSSR count). The van der Waals surface area contributed by atoms with Gasteiger partial charge in [-0.25, -0.2) is 25.2 Å². The lowest BCUT2D eigenvalue weighted by Gasteiger charge is -2.13. The van der Waals surface area contributed by atoms with Crippen molar-refractivity contribution < 1.29 is 9.53 Å². The zero-order chi connectivity index (χ0) is 23.7. The maximum absolute atomic E-state index is 12.4. The van der Waals surface area contributed by atoms with Gasteiger partial charge in [-0.1, -0.05) is 25.4 Å². The second-order valence-electron chi connectivity index (χ2n) is 7.62. The van der Waals surface area contributed by atoms with Gasteiger partial charge in [0.25, 0.3) is 0 Å². The Hall–Kier alpha value is -3.44. The monoisotopic (exact) mass is 486 g/mol. The number of methoxy groups -OCH3 is 1. The van der Waals surface area contributed by atoms with Crippen LogP contribution in [0.1, 0.15) is 31.0 Å². The number of anilines is 2. The smallest absolute Gasteiger partial charge is 0.339 e. The first-order chi connectivity index (χ1) is 15.7. The number of aromatic nitrogens is 5. The van der Waals surface area contributed by atoms with E-state index in [1.165, 1.54) is 18.4 Å². The third-order valence-corrected chi connectivity index (χ3v) is 5.98. The molecule has 0 aliphatic heterocycles. The zero-order valence-electron chi connectivity index (χ0n) is 18.7. The number of rotatable bonds is 6. The van der Waals surface area contributed by atoms with Crippen LogP contribution in [0.15, 0.2) is 23.6 Å². The van der Waals surface area contributed by atoms with Crippen LogP contribution in [0.2, 0.25) is 5.15 Å². The molecule has 0 fully saturated rings. The van der Waals surface area contributed by atoms with Crippen LogP contribution < -0.4 is 20.9 Å². The quantitative estimate of drug-likeness (QED) is 0.266. The molecular formula is C21H23ClN8O2S. The number of halogens is 1. The van der Waals surface area contributed by atoms with Gasteiger partial charge in [0, 0.05) is 29.4 Å². The van der Waals surface area contributed by atoms with Crippen molar-refractivity contribution in [3.05, 3.63) is 40.0 Å². The topological polar surface area (TPSA) is 119 Å². The standard InChI is InChI=1S/C21H23ClN8O2S/c1-10(2)13-8-15(24-19-18(13)11(3)29-30(19)4)27-28-21(31)26-16-9-33-20(25-16)12-6-14(22)23-17(7-12)32-5/h6-10H,1-5H3,(H,24,27)(H2,26,28,31). The summed E-state index contributed by atoms with van der Waals surface area (Å²) in [6, 6.07) is 4.85. The number of nitrogens with zero attached hydrogens (tertiary/aromatic N) is 5. The molecule has 0 saturated carbocycles. The van der Waals surface area contributed by atoms with Gasteiger partial charge in [0.05, 0.1) is 12.8 Å². The van der Waals surface area contributed by atoms with Gasteiger partial charge in [0.15, 0.2) is 5.65 Å². The number of urea groups is 1. The van der Waals surface area contributed by atoms with Gasteiger partial charge in [-0.2, -0.15) is 5.10 Å². The second kappa shape index (κ2) is 9.20. The number of nitrogens with one attached hydrogen (secondary N) is 3. The summed E-state index contributed by atoms with van der Waals surface area (Å²) in [5, 5.41) is 10.9. The highest BCUT2D eigenvalue weighted by Gasteiger charge is 2.16. The fraction of sp³-hybridized carbons (Fsp3) is 0.286. The molecule has 4 aromatic rings. The van der Waals surface area contributed by atoms with E-state index in [4.69, 9.17) is 16.3 Å². The van der Waals surface area contributed by atoms with Gasteiger partial charge in [-0.3, -0.25) is 15.4 Å². The van der Waals surface area contributed by atoms with Crippen molar-refractivity contribution in [1.29, 1.82) is 0 Å². The molecule has 10 nitrogen and oxygen atoms in total. The summed E-state index contributed by atoms with van der Waals surface area (Å²) in [7, 11) is 3.36. The molecule has 0 spiro atoms. The highest BCUT2D eigenvalue weighted by molar-refractivity contribution is 7.13. The van der Waals surface area contributed by atoms with Crippen molar-refractivity contribution >= 4 is 51.6 Å². The summed E-state index contributed by atoms with van der Waals surface area (Å²) in [6.45, 7) is 6.18. The maximum Gasteiger partial charge on any atom is 0.339 e. The van der Waals surface area contributed by atoms with E-state index in [0.717, 1.165) is 27.9 Å². The van der Waals surface area contributed by atoms with E-state index in [1.807, 2.05) is 20.0 Å². The summed E-state index contributed by atoms with van der Waals surface area (Å²) in [6.07, 6.45) is 0. The van der Waals surface area contributed by atoms with Crippen molar-refractivity contribution in [2.24, 2.45) is 7.05 Å². The van der Waals surface area contributed by atoms with Crippen LogP contribution in [0.5, 0.6) is 5.88 Å². The average Bonchev–Trinajstić information content (AvgIpc) is 3.35. The average molecular weight is 487 g/mol. The highest BCUT2D eigenvalue weighted by atomic mass is 35.5. The van der Waals surface area contributed by atoms with Crippen molar-refractivity contribution in [2.45, 2.75) is 26.7 Å². The van der Waals surface area contributed by atoms with E-state index in [0.29, 0.717) is 27.7 Å². The SMILES string of the molecule is COc1cc(-c2nc(NC(=O)NNc3cc(C(C)C)c4c(C)nn(C)c4n3)cs2)cc(Cl)n1. The molecule has 0 aromatic carbocycles. The first-order valence-electron chi connectivity index (χ1n) is 10.1. The van der Waals surface area contributed by atoms with Crippen LogP contribution in [0.4, 0.5) is 16.4 Å². The van der Waals surface area contributed by atoms with Gasteiger partial charge in [0.2, 0.25) is 5.88 Å². The predicted octanol–water partition coefficient (Wildman–Crippen LogP) is 4.73. The second-order valence-corrected chi connectivity index (χ2v) is 8.87. The molecule has 0 atom stereocenters. The Morgan fingerprint density at radius 1 is 1.18 bits per heavy atom. The number of aryl methyl sites for hydroxylation is 2. The molecule has 0 aliphatic rings. The minimum atomic E-state index is -0.480. The lowest BCUT2D eigenvalue weighted by molar-refractivity contribution is 0.253. The van der Waals surface area contributed by atoms with Crippen LogP contribution >= 0.6 is 22.9 Å². The Labute approximate surface area is 199 Å². The largest absolute Gasteiger partial charge is 0.481 e. The number of carbonyl (C=O) groups is 1. The van der Waals surface area contributed by atoms with Gasteiger partial charge >= 0.3 is 6.03 Å². The molecule has 2 amide bonds. The summed E-state index contributed by atoms with van der Waals surface area (Å²) in [5.41, 5.74) is 8.99. The van der Waals surface area contributed by atoms with E-state index in [2.05, 4.69) is 50.1 Å². The van der Waals surface area contributed by atoms with Gasteiger partial charge in [-0.05, 0) is 30.5 Å². The predicted molar refractivity (Wildman–Crippen MR) is 130 cm³/mol. The Balaban J connectivity index is 1.46. The lowest BCUT2D eigenvalue weighted by Crippen LogP contribution is -2.34. The third kappa shape index (κ3) is 4.83. The number of ether oxygens (including phenoxy) is 1. The zero-order valence-corrected chi connectivity index (χ0v) is 20.3. The molecule has 4 aromatic heterocycles. The lowest BCUT2D eigenvalue weighted by atomic mass is 10.00. The number of fused-ring (bicyclic) bond motifs is 1. The number of hydrazine groups is 1. The van der Waals surface area contributed by atoms with E-state index >= 15 is 0 Å². The number of pyridine rings is 2. The van der Waals surface area contributed by atoms with Gasteiger partial charge in [-0.15, -0.1) is 11.3 Å². The third-order valence-electron chi connectivity index (χ3n) is 4.90. The first-order valence-corrected chi connectivity index (χ1v) is 11.4. The van der Waals surface area contributed by atoms with Gasteiger partial charge < -0.3 is 4.74 Å². The molecule has 172 valence electrons. The molecule has 4 heterocycles. The molecular weight excluding hydrogens is 464 g/mol. The number of hydrogen-bond acceptors (Lipinski definition) is 8. The van der Waals surface area contributed by atoms with E-state index < -0.39 is 6.03 Å². The van der Waals surface area contributed by atoms with Gasteiger partial charge in [0.1, 0.15) is 21.8 Å². The Bertz CT molecular complexity index is 1330. The van der Waals surface area contributed by atoms with E-state index in [9.17, 15) is 4.79 Å². The number of thiazole rings is 1. The molecule has 0 saturated heterocycles. The van der Waals surface area contributed by atoms with E-state index in [-0.39, 0.29) is 5.92 Å². The molecule has 3 N–H and O–H groups in total. The number of amides is 2. The van der Waals surface area contributed by atoms with Crippen LogP contribution in [-0.2, 0) is 7.05 Å². The number of carbonyl (C=O) groups excluding carboxylic acids is 1. The Kier molecular flexibility index (Phi) is 6.34. The fourth-order valence-electron chi connectivity index (χ4n) is 3.43. The molecule has 0 bridgehead atoms. The van der Waals surface area contributed by atoms with Crippen molar-refractivity contribution in [2.75, 3.05) is 17.9 Å². The molecule has 0 radical (unpaired) electrons. The molecule has 33 heavy (non-hydrogen) atoms. The first kappa shape index (κ1) is 22.7. The summed E-state index contributed by atoms with van der Waals surface area (Å²) >= 11 is 7.39. The molecule has 0 aliphatic carbocycles. The summed E-state index contributed by atoms with van der Waals surface area (Å²) in [4.78, 5) is 25.5. The number of hydrogen-bond donors (Lipinski definition) is 3. The van der Waals surface area contributed by atoms with Crippen LogP contribution in [0.25, 0.3) is 21.6 Å². The summed E-state index contributed by atoms with van der Waals surface area (Å²) < 4.78 is 6.88. The van der Waals surface area contributed by atoms with Crippen molar-refractivity contribution in [3.63, 3.8) is 0 Å². The molecule has 12 heteroatoms.